The predicted molar refractivity (Wildman–Crippen MR) is 102 cm³/mol. The number of benzene rings is 1. The number of hydrogen-bond acceptors (Lipinski definition) is 3. The number of nitrogens with zero attached hydrogens (tertiary/aromatic N) is 2. The highest BCUT2D eigenvalue weighted by Gasteiger charge is 2.17. The fraction of sp³-hybridized carbons (Fsp3) is 0.556. The molecule has 0 aliphatic carbocycles. The van der Waals surface area contributed by atoms with Crippen molar-refractivity contribution in [2.75, 3.05) is 38.5 Å². The van der Waals surface area contributed by atoms with Gasteiger partial charge in [-0.1, -0.05) is 42.5 Å². The van der Waals surface area contributed by atoms with Crippen molar-refractivity contribution in [1.29, 1.82) is 0 Å². The highest BCUT2D eigenvalue weighted by atomic mass is 35.5. The van der Waals surface area contributed by atoms with Crippen LogP contribution in [0.1, 0.15) is 32.1 Å². The molecular weight excluding hydrogens is 361 g/mol. The molecular formula is C18H25Cl2N3O2. The van der Waals surface area contributed by atoms with Gasteiger partial charge in [-0.15, -0.1) is 0 Å². The molecule has 1 heterocycles. The summed E-state index contributed by atoms with van der Waals surface area (Å²) in [7, 11) is 1.77. The molecule has 0 atom stereocenters. The summed E-state index contributed by atoms with van der Waals surface area (Å²) in [5.74, 6) is -0.104. The lowest BCUT2D eigenvalue weighted by Crippen LogP contribution is -2.42. The number of likely N-dealkylation sites (tertiary alicyclic amines) is 1. The van der Waals surface area contributed by atoms with E-state index >= 15 is 0 Å². The molecule has 1 aromatic rings. The maximum absolute atomic E-state index is 12.4. The van der Waals surface area contributed by atoms with Crippen molar-refractivity contribution >= 4 is 40.7 Å². The molecule has 0 spiro atoms. The van der Waals surface area contributed by atoms with E-state index in [0.29, 0.717) is 15.7 Å². The second kappa shape index (κ2) is 10.00. The van der Waals surface area contributed by atoms with Gasteiger partial charge < -0.3 is 10.2 Å². The van der Waals surface area contributed by atoms with Crippen LogP contribution in [-0.2, 0) is 9.59 Å². The smallest absolute Gasteiger partial charge is 0.238 e. The Labute approximate surface area is 159 Å². The zero-order valence-corrected chi connectivity index (χ0v) is 16.1. The predicted octanol–water partition coefficient (Wildman–Crippen LogP) is 3.66. The van der Waals surface area contributed by atoms with Gasteiger partial charge in [0.15, 0.2) is 0 Å². The van der Waals surface area contributed by atoms with Crippen molar-refractivity contribution < 1.29 is 9.59 Å². The molecule has 1 saturated heterocycles. The number of amides is 2. The van der Waals surface area contributed by atoms with Crippen molar-refractivity contribution in [3.63, 3.8) is 0 Å². The van der Waals surface area contributed by atoms with E-state index in [9.17, 15) is 9.59 Å². The normalized spacial score (nSPS) is 15.6. The number of carbonyl (C=O) groups is 2. The van der Waals surface area contributed by atoms with E-state index in [1.165, 1.54) is 19.3 Å². The average Bonchev–Trinajstić information content (AvgIpc) is 2.50. The third-order valence-electron chi connectivity index (χ3n) is 4.23. The Balaban J connectivity index is 1.79. The van der Waals surface area contributed by atoms with Gasteiger partial charge in [-0.2, -0.15) is 0 Å². The van der Waals surface area contributed by atoms with E-state index in [4.69, 9.17) is 23.2 Å². The van der Waals surface area contributed by atoms with Gasteiger partial charge >= 0.3 is 0 Å². The molecule has 1 N–H and O–H groups in total. The molecule has 0 radical (unpaired) electrons. The first kappa shape index (κ1) is 20.0. The number of anilines is 1. The highest BCUT2D eigenvalue weighted by molar-refractivity contribution is 6.42. The van der Waals surface area contributed by atoms with Crippen LogP contribution in [0.2, 0.25) is 10.0 Å². The molecule has 0 bridgehead atoms. The minimum absolute atomic E-state index is 0.0896. The van der Waals surface area contributed by atoms with Crippen molar-refractivity contribution in [2.45, 2.75) is 32.1 Å². The molecule has 25 heavy (non-hydrogen) atoms. The van der Waals surface area contributed by atoms with Crippen molar-refractivity contribution in [2.24, 2.45) is 0 Å². The lowest BCUT2D eigenvalue weighted by Gasteiger charge is -2.27. The van der Waals surface area contributed by atoms with Crippen LogP contribution in [0.15, 0.2) is 18.2 Å². The van der Waals surface area contributed by atoms with Crippen molar-refractivity contribution in [1.82, 2.24) is 9.80 Å². The monoisotopic (exact) mass is 385 g/mol. The molecule has 0 saturated carbocycles. The number of halogens is 2. The number of likely N-dealkylation sites (N-methyl/N-ethyl adjacent to an activating group) is 1. The van der Waals surface area contributed by atoms with E-state index < -0.39 is 0 Å². The summed E-state index contributed by atoms with van der Waals surface area (Å²) >= 11 is 11.8. The first-order chi connectivity index (χ1) is 12.0. The molecule has 138 valence electrons. The van der Waals surface area contributed by atoms with Gasteiger partial charge in [-0.3, -0.25) is 14.5 Å². The zero-order chi connectivity index (χ0) is 18.2. The third-order valence-corrected chi connectivity index (χ3v) is 4.97. The Hall–Kier alpha value is -1.30. The second-order valence-electron chi connectivity index (χ2n) is 6.50. The lowest BCUT2D eigenvalue weighted by atomic mass is 10.1. The lowest BCUT2D eigenvalue weighted by molar-refractivity contribution is -0.132. The minimum Gasteiger partial charge on any atom is -0.342 e. The van der Waals surface area contributed by atoms with Crippen LogP contribution in [0.5, 0.6) is 0 Å². The second-order valence-corrected chi connectivity index (χ2v) is 7.31. The van der Waals surface area contributed by atoms with Gasteiger partial charge in [0.25, 0.3) is 0 Å². The number of carbonyl (C=O) groups excluding carboxylic acids is 2. The fourth-order valence-corrected chi connectivity index (χ4v) is 3.20. The van der Waals surface area contributed by atoms with Crippen molar-refractivity contribution in [3.8, 4) is 0 Å². The van der Waals surface area contributed by atoms with Crippen molar-refractivity contribution in [3.05, 3.63) is 28.2 Å². The number of nitrogens with one attached hydrogen (secondary N) is 1. The summed E-state index contributed by atoms with van der Waals surface area (Å²) in [5.41, 5.74) is 0.586. The van der Waals surface area contributed by atoms with Gasteiger partial charge in [0.2, 0.25) is 11.8 Å². The Morgan fingerprint density at radius 2 is 1.68 bits per heavy atom. The maximum Gasteiger partial charge on any atom is 0.238 e. The summed E-state index contributed by atoms with van der Waals surface area (Å²) in [6.45, 7) is 2.03. The third kappa shape index (κ3) is 6.84. The van der Waals surface area contributed by atoms with Crippen LogP contribution in [0, 0.1) is 0 Å². The molecule has 1 aromatic carbocycles. The summed E-state index contributed by atoms with van der Waals surface area (Å²) < 4.78 is 0. The van der Waals surface area contributed by atoms with E-state index in [0.717, 1.165) is 25.9 Å². The minimum atomic E-state index is -0.193. The molecule has 2 rings (SSSR count). The summed E-state index contributed by atoms with van der Waals surface area (Å²) in [6.07, 6.45) is 5.76. The largest absolute Gasteiger partial charge is 0.342 e. The first-order valence-corrected chi connectivity index (χ1v) is 9.42. The van der Waals surface area contributed by atoms with E-state index in [1.54, 1.807) is 30.1 Å². The van der Waals surface area contributed by atoms with Crippen LogP contribution in [0.25, 0.3) is 0 Å². The average molecular weight is 386 g/mol. The molecule has 2 amide bonds. The quantitative estimate of drug-likeness (QED) is 0.841. The topological polar surface area (TPSA) is 52.7 Å². The molecule has 5 nitrogen and oxygen atoms in total. The molecule has 0 unspecified atom stereocenters. The van der Waals surface area contributed by atoms with E-state index in [-0.39, 0.29) is 24.9 Å². The number of rotatable bonds is 5. The Kier molecular flexibility index (Phi) is 8.00. The van der Waals surface area contributed by atoms with E-state index in [1.807, 2.05) is 4.90 Å². The molecule has 0 aromatic heterocycles. The molecule has 1 aliphatic rings. The first-order valence-electron chi connectivity index (χ1n) is 8.67. The Morgan fingerprint density at radius 1 is 1.04 bits per heavy atom. The fourth-order valence-electron chi connectivity index (χ4n) is 2.90. The zero-order valence-electron chi connectivity index (χ0n) is 14.6. The van der Waals surface area contributed by atoms with Crippen LogP contribution < -0.4 is 5.32 Å². The van der Waals surface area contributed by atoms with Gasteiger partial charge in [0, 0.05) is 18.8 Å². The van der Waals surface area contributed by atoms with E-state index in [2.05, 4.69) is 5.32 Å². The molecule has 1 aliphatic heterocycles. The molecule has 1 fully saturated rings. The van der Waals surface area contributed by atoms with Gasteiger partial charge in [-0.05, 0) is 38.1 Å². The SMILES string of the molecule is CN(CC(=O)Nc1ccc(Cl)c(Cl)c1)CC(=O)N1CCCCCCC1. The standard InChI is InChI=1S/C18H25Cl2N3O2/c1-22(13-18(25)23-9-5-3-2-4-6-10-23)12-17(24)21-14-7-8-15(19)16(20)11-14/h7-8,11H,2-6,9-10,12-13H2,1H3,(H,21,24). The highest BCUT2D eigenvalue weighted by Crippen LogP contribution is 2.24. The van der Waals surface area contributed by atoms with Crippen LogP contribution >= 0.6 is 23.2 Å². The van der Waals surface area contributed by atoms with Gasteiger partial charge in [0.05, 0.1) is 23.1 Å². The summed E-state index contributed by atoms with van der Waals surface area (Å²) in [6, 6.07) is 4.93. The summed E-state index contributed by atoms with van der Waals surface area (Å²) in [5, 5.41) is 3.59. The summed E-state index contributed by atoms with van der Waals surface area (Å²) in [4.78, 5) is 28.2. The van der Waals surface area contributed by atoms with Gasteiger partial charge in [-0.25, -0.2) is 0 Å². The van der Waals surface area contributed by atoms with Crippen LogP contribution in [0.4, 0.5) is 5.69 Å². The van der Waals surface area contributed by atoms with Crippen LogP contribution in [0.3, 0.4) is 0 Å². The maximum atomic E-state index is 12.4. The van der Waals surface area contributed by atoms with Crippen LogP contribution in [-0.4, -0.2) is 54.8 Å². The Morgan fingerprint density at radius 3 is 2.32 bits per heavy atom. The Bertz CT molecular complexity index is 602. The number of hydrogen-bond donors (Lipinski definition) is 1. The molecule has 7 heteroatoms. The van der Waals surface area contributed by atoms with Gasteiger partial charge in [0.1, 0.15) is 0 Å².